The maximum absolute atomic E-state index is 5.68. The molecule has 2 aromatic rings. The van der Waals surface area contributed by atoms with Gasteiger partial charge < -0.3 is 10.1 Å². The first-order valence-corrected chi connectivity index (χ1v) is 6.95. The Kier molecular flexibility index (Phi) is 3.25. The number of nitrogens with one attached hydrogen (secondary N) is 1. The van der Waals surface area contributed by atoms with E-state index in [1.54, 1.807) is 11.3 Å². The van der Waals surface area contributed by atoms with Crippen LogP contribution in [-0.4, -0.2) is 23.3 Å². The molecule has 18 heavy (non-hydrogen) atoms. The molecule has 94 valence electrons. The van der Waals surface area contributed by atoms with Gasteiger partial charge in [0.25, 0.3) is 0 Å². The molecule has 5 heteroatoms. The minimum Gasteiger partial charge on any atom is -0.492 e. The van der Waals surface area contributed by atoms with Crippen molar-refractivity contribution in [3.05, 3.63) is 39.8 Å². The van der Waals surface area contributed by atoms with Crippen molar-refractivity contribution >= 4 is 11.3 Å². The van der Waals surface area contributed by atoms with E-state index in [-0.39, 0.29) is 5.92 Å². The number of nitrogens with zero attached hydrogens (tertiary/aromatic N) is 2. The molecular weight excluding hydrogens is 246 g/mol. The molecule has 0 bridgehead atoms. The van der Waals surface area contributed by atoms with Gasteiger partial charge in [-0.15, -0.1) is 10.2 Å². The van der Waals surface area contributed by atoms with E-state index < -0.39 is 0 Å². The Morgan fingerprint density at radius 3 is 3.17 bits per heavy atom. The molecule has 1 aromatic heterocycles. The van der Waals surface area contributed by atoms with E-state index in [1.807, 2.05) is 18.2 Å². The van der Waals surface area contributed by atoms with Crippen LogP contribution in [0.4, 0.5) is 0 Å². The minimum atomic E-state index is 0.245. The number of hydrogen-bond acceptors (Lipinski definition) is 5. The molecule has 1 aliphatic rings. The Morgan fingerprint density at radius 2 is 2.28 bits per heavy atom. The van der Waals surface area contributed by atoms with Crippen LogP contribution in [0.5, 0.6) is 5.75 Å². The maximum atomic E-state index is 5.68. The summed E-state index contributed by atoms with van der Waals surface area (Å²) >= 11 is 1.67. The summed E-state index contributed by atoms with van der Waals surface area (Å²) in [4.78, 5) is 0. The van der Waals surface area contributed by atoms with Crippen LogP contribution in [0, 0.1) is 0 Å². The molecule has 0 spiro atoms. The molecule has 2 heterocycles. The van der Waals surface area contributed by atoms with Crippen molar-refractivity contribution in [2.75, 3.05) is 13.2 Å². The summed E-state index contributed by atoms with van der Waals surface area (Å²) < 4.78 is 5.68. The highest BCUT2D eigenvalue weighted by molar-refractivity contribution is 7.11. The number of benzene rings is 1. The van der Waals surface area contributed by atoms with Crippen molar-refractivity contribution in [1.82, 2.24) is 15.5 Å². The van der Waals surface area contributed by atoms with Gasteiger partial charge in [-0.25, -0.2) is 0 Å². The van der Waals surface area contributed by atoms with Crippen molar-refractivity contribution in [2.45, 2.75) is 19.4 Å². The lowest BCUT2D eigenvalue weighted by Crippen LogP contribution is -2.11. The second-order valence-electron chi connectivity index (χ2n) is 4.22. The molecule has 1 N–H and O–H groups in total. The average molecular weight is 261 g/mol. The Hall–Kier alpha value is -1.46. The van der Waals surface area contributed by atoms with Crippen molar-refractivity contribution in [2.24, 2.45) is 0 Å². The Bertz CT molecular complexity index is 541. The third-order valence-corrected chi connectivity index (χ3v) is 4.04. The monoisotopic (exact) mass is 261 g/mol. The minimum absolute atomic E-state index is 0.245. The van der Waals surface area contributed by atoms with Gasteiger partial charge in [-0.05, 0) is 12.6 Å². The summed E-state index contributed by atoms with van der Waals surface area (Å²) in [6.45, 7) is 4.51. The van der Waals surface area contributed by atoms with Crippen molar-refractivity contribution < 1.29 is 4.74 Å². The van der Waals surface area contributed by atoms with Crippen molar-refractivity contribution in [1.29, 1.82) is 0 Å². The number of para-hydroxylation sites is 1. The van der Waals surface area contributed by atoms with Gasteiger partial charge in [-0.2, -0.15) is 0 Å². The van der Waals surface area contributed by atoms with E-state index in [0.717, 1.165) is 28.9 Å². The topological polar surface area (TPSA) is 47.0 Å². The van der Waals surface area contributed by atoms with Gasteiger partial charge >= 0.3 is 0 Å². The van der Waals surface area contributed by atoms with Gasteiger partial charge in [0.1, 0.15) is 22.4 Å². The van der Waals surface area contributed by atoms with Crippen molar-refractivity contribution in [3.8, 4) is 5.75 Å². The maximum Gasteiger partial charge on any atom is 0.131 e. The van der Waals surface area contributed by atoms with Crippen LogP contribution in [0.25, 0.3) is 0 Å². The fraction of sp³-hybridized carbons (Fsp3) is 0.385. The summed E-state index contributed by atoms with van der Waals surface area (Å²) in [5.41, 5.74) is 1.23. The molecule has 1 aromatic carbocycles. The van der Waals surface area contributed by atoms with Gasteiger partial charge in [-0.1, -0.05) is 36.5 Å². The highest BCUT2D eigenvalue weighted by Gasteiger charge is 2.28. The zero-order chi connectivity index (χ0) is 12.4. The summed E-state index contributed by atoms with van der Waals surface area (Å²) in [6.07, 6.45) is 0. The summed E-state index contributed by atoms with van der Waals surface area (Å²) in [5.74, 6) is 1.22. The molecule has 3 rings (SSSR count). The van der Waals surface area contributed by atoms with Crippen molar-refractivity contribution in [3.63, 3.8) is 0 Å². The second kappa shape index (κ2) is 5.04. The molecule has 0 saturated heterocycles. The Balaban J connectivity index is 1.82. The standard InChI is InChI=1S/C13H15N3OS/c1-2-14-7-12-15-16-13(18-12)10-8-17-11-6-4-3-5-9(10)11/h3-6,10,14H,2,7-8H2,1H3. The van der Waals surface area contributed by atoms with Crippen LogP contribution in [0.2, 0.25) is 0 Å². The summed E-state index contributed by atoms with van der Waals surface area (Å²) in [6, 6.07) is 8.16. The predicted octanol–water partition coefficient (Wildman–Crippen LogP) is 2.17. The number of fused-ring (bicyclic) bond motifs is 1. The predicted molar refractivity (Wildman–Crippen MR) is 71.1 cm³/mol. The second-order valence-corrected chi connectivity index (χ2v) is 5.31. The van der Waals surface area contributed by atoms with Gasteiger partial charge in [0, 0.05) is 12.1 Å². The van der Waals surface area contributed by atoms with E-state index >= 15 is 0 Å². The van der Waals surface area contributed by atoms with E-state index in [1.165, 1.54) is 5.56 Å². The quantitative estimate of drug-likeness (QED) is 0.916. The highest BCUT2D eigenvalue weighted by Crippen LogP contribution is 2.38. The molecule has 1 aliphatic heterocycles. The van der Waals surface area contributed by atoms with Crippen LogP contribution >= 0.6 is 11.3 Å². The van der Waals surface area contributed by atoms with Crippen LogP contribution in [-0.2, 0) is 6.54 Å². The van der Waals surface area contributed by atoms with Gasteiger partial charge in [0.05, 0.1) is 5.92 Å². The lowest BCUT2D eigenvalue weighted by molar-refractivity contribution is 0.342. The van der Waals surface area contributed by atoms with E-state index in [9.17, 15) is 0 Å². The third kappa shape index (κ3) is 2.11. The molecule has 0 amide bonds. The third-order valence-electron chi connectivity index (χ3n) is 3.01. The normalized spacial score (nSPS) is 17.5. The summed E-state index contributed by atoms with van der Waals surface area (Å²) in [7, 11) is 0. The first kappa shape index (κ1) is 11.6. The molecule has 0 radical (unpaired) electrons. The average Bonchev–Trinajstić information content (AvgIpc) is 3.02. The van der Waals surface area contributed by atoms with Crippen LogP contribution < -0.4 is 10.1 Å². The molecule has 4 nitrogen and oxygen atoms in total. The molecular formula is C13H15N3OS. The van der Waals surface area contributed by atoms with Crippen LogP contribution in [0.15, 0.2) is 24.3 Å². The highest BCUT2D eigenvalue weighted by atomic mass is 32.1. The van der Waals surface area contributed by atoms with Crippen LogP contribution in [0.1, 0.15) is 28.4 Å². The largest absolute Gasteiger partial charge is 0.492 e. The van der Waals surface area contributed by atoms with E-state index in [4.69, 9.17) is 4.74 Å². The number of rotatable bonds is 4. The fourth-order valence-electron chi connectivity index (χ4n) is 2.08. The zero-order valence-electron chi connectivity index (χ0n) is 10.2. The molecule has 1 atom stereocenters. The lowest BCUT2D eigenvalue weighted by Gasteiger charge is -2.02. The van der Waals surface area contributed by atoms with Gasteiger partial charge in [-0.3, -0.25) is 0 Å². The zero-order valence-corrected chi connectivity index (χ0v) is 11.0. The number of hydrogen-bond donors (Lipinski definition) is 1. The van der Waals surface area contributed by atoms with E-state index in [2.05, 4.69) is 28.5 Å². The fourth-order valence-corrected chi connectivity index (χ4v) is 2.99. The lowest BCUT2D eigenvalue weighted by atomic mass is 10.0. The summed E-state index contributed by atoms with van der Waals surface area (Å²) in [5, 5.41) is 13.9. The number of aromatic nitrogens is 2. The Labute approximate surface area is 110 Å². The van der Waals surface area contributed by atoms with Crippen LogP contribution in [0.3, 0.4) is 0 Å². The van der Waals surface area contributed by atoms with E-state index in [0.29, 0.717) is 6.61 Å². The SMILES string of the molecule is CCNCc1nnc(C2COc3ccccc32)s1. The smallest absolute Gasteiger partial charge is 0.131 e. The first-order valence-electron chi connectivity index (χ1n) is 6.13. The van der Waals surface area contributed by atoms with Gasteiger partial charge in [0.2, 0.25) is 0 Å². The molecule has 0 aliphatic carbocycles. The Morgan fingerprint density at radius 1 is 1.39 bits per heavy atom. The first-order chi connectivity index (χ1) is 8.88. The molecule has 0 saturated carbocycles. The molecule has 1 unspecified atom stereocenters. The molecule has 0 fully saturated rings. The number of ether oxygens (including phenoxy) is 1. The van der Waals surface area contributed by atoms with Gasteiger partial charge in [0.15, 0.2) is 0 Å².